The van der Waals surface area contributed by atoms with E-state index in [0.717, 1.165) is 33.9 Å². The molecule has 0 spiro atoms. The zero-order valence-electron chi connectivity index (χ0n) is 11.2. The normalized spacial score (nSPS) is 10.5. The summed E-state index contributed by atoms with van der Waals surface area (Å²) in [5.74, 6) is 1.57. The molecule has 6 nitrogen and oxygen atoms in total. The summed E-state index contributed by atoms with van der Waals surface area (Å²) in [5.41, 5.74) is 2.29. The molecule has 0 fully saturated rings. The Labute approximate surface area is 120 Å². The van der Waals surface area contributed by atoms with Gasteiger partial charge in [0.2, 0.25) is 0 Å². The number of hydrogen-bond donors (Lipinski definition) is 2. The van der Waals surface area contributed by atoms with E-state index in [1.54, 1.807) is 6.33 Å². The van der Waals surface area contributed by atoms with Crippen molar-refractivity contribution in [1.29, 1.82) is 0 Å². The van der Waals surface area contributed by atoms with Gasteiger partial charge in [0, 0.05) is 31.4 Å². The number of hydrogen-bond acceptors (Lipinski definition) is 5. The van der Waals surface area contributed by atoms with Crippen LogP contribution in [-0.2, 0) is 13.6 Å². The monoisotopic (exact) mass is 324 g/mol. The second kappa shape index (κ2) is 6.01. The average molecular weight is 325 g/mol. The number of halogens is 1. The summed E-state index contributed by atoms with van der Waals surface area (Å²) in [5, 5.41) is 10.7. The van der Waals surface area contributed by atoms with Crippen molar-refractivity contribution in [2.24, 2.45) is 7.05 Å². The minimum atomic E-state index is 0.681. The van der Waals surface area contributed by atoms with E-state index in [2.05, 4.69) is 41.6 Å². The molecule has 0 unspecified atom stereocenters. The summed E-state index contributed by atoms with van der Waals surface area (Å²) < 4.78 is 2.70. The highest BCUT2D eigenvalue weighted by molar-refractivity contribution is 9.10. The first-order valence-electron chi connectivity index (χ1n) is 6.09. The van der Waals surface area contributed by atoms with E-state index < -0.39 is 0 Å². The Kier molecular flexibility index (Phi) is 4.36. The van der Waals surface area contributed by atoms with Crippen LogP contribution in [-0.4, -0.2) is 26.3 Å². The highest BCUT2D eigenvalue weighted by atomic mass is 79.9. The topological polar surface area (TPSA) is 67.7 Å². The van der Waals surface area contributed by atoms with Crippen LogP contribution in [0.3, 0.4) is 0 Å². The van der Waals surface area contributed by atoms with E-state index in [1.807, 2.05) is 31.8 Å². The number of nitrogens with zero attached hydrogens (tertiary/aromatic N) is 4. The Morgan fingerprint density at radius 2 is 1.95 bits per heavy atom. The third-order valence-corrected chi connectivity index (χ3v) is 3.67. The first-order chi connectivity index (χ1) is 9.13. The third-order valence-electron chi connectivity index (χ3n) is 2.92. The second-order valence-electron chi connectivity index (χ2n) is 4.15. The van der Waals surface area contributed by atoms with Gasteiger partial charge >= 0.3 is 0 Å². The summed E-state index contributed by atoms with van der Waals surface area (Å²) in [4.78, 5) is 8.42. The van der Waals surface area contributed by atoms with Gasteiger partial charge in [0.1, 0.15) is 22.4 Å². The molecule has 2 aromatic heterocycles. The Bertz CT molecular complexity index is 565. The largest absolute Gasteiger partial charge is 0.369 e. The predicted octanol–water partition coefficient (Wildman–Crippen LogP) is 2.32. The Morgan fingerprint density at radius 3 is 2.53 bits per heavy atom. The molecule has 2 N–H and O–H groups in total. The minimum absolute atomic E-state index is 0.681. The number of nitrogens with one attached hydrogen (secondary N) is 2. The van der Waals surface area contributed by atoms with Crippen LogP contribution in [0.15, 0.2) is 17.0 Å². The van der Waals surface area contributed by atoms with Crippen molar-refractivity contribution in [2.45, 2.75) is 20.4 Å². The Balaban J connectivity index is 2.11. The molecule has 0 amide bonds. The van der Waals surface area contributed by atoms with E-state index in [1.165, 1.54) is 0 Å². The van der Waals surface area contributed by atoms with Crippen molar-refractivity contribution in [3.63, 3.8) is 0 Å². The second-order valence-corrected chi connectivity index (χ2v) is 4.94. The van der Waals surface area contributed by atoms with Crippen LogP contribution in [0.5, 0.6) is 0 Å². The lowest BCUT2D eigenvalue weighted by Crippen LogP contribution is -2.07. The number of anilines is 2. The molecule has 2 rings (SSSR count). The highest BCUT2D eigenvalue weighted by Gasteiger charge is 2.09. The van der Waals surface area contributed by atoms with Gasteiger partial charge < -0.3 is 10.6 Å². The lowest BCUT2D eigenvalue weighted by molar-refractivity contribution is 0.738. The van der Waals surface area contributed by atoms with Crippen LogP contribution in [0.1, 0.15) is 18.2 Å². The van der Waals surface area contributed by atoms with Gasteiger partial charge in [-0.05, 0) is 29.8 Å². The van der Waals surface area contributed by atoms with Gasteiger partial charge in [0.15, 0.2) is 0 Å². The lowest BCUT2D eigenvalue weighted by Gasteiger charge is -2.10. The van der Waals surface area contributed by atoms with E-state index in [-0.39, 0.29) is 0 Å². The molecule has 0 aliphatic heterocycles. The molecule has 0 saturated carbocycles. The fraction of sp³-hybridized carbons (Fsp3) is 0.417. The number of aryl methyl sites for hydroxylation is 1. The first kappa shape index (κ1) is 13.8. The van der Waals surface area contributed by atoms with Gasteiger partial charge in [0.05, 0.1) is 6.20 Å². The van der Waals surface area contributed by atoms with E-state index in [4.69, 9.17) is 0 Å². The van der Waals surface area contributed by atoms with Crippen molar-refractivity contribution >= 4 is 27.6 Å². The maximum Gasteiger partial charge on any atom is 0.146 e. The molecule has 7 heteroatoms. The van der Waals surface area contributed by atoms with Gasteiger partial charge in [-0.3, -0.25) is 4.68 Å². The smallest absolute Gasteiger partial charge is 0.146 e. The van der Waals surface area contributed by atoms with Gasteiger partial charge in [0.25, 0.3) is 0 Å². The Hall–Kier alpha value is -1.63. The molecule has 0 aromatic carbocycles. The molecule has 0 atom stereocenters. The van der Waals surface area contributed by atoms with Gasteiger partial charge in [-0.15, -0.1) is 0 Å². The van der Waals surface area contributed by atoms with Crippen LogP contribution < -0.4 is 10.6 Å². The molecule has 0 aliphatic rings. The molecule has 0 saturated heterocycles. The van der Waals surface area contributed by atoms with Crippen LogP contribution in [0.2, 0.25) is 0 Å². The molecule has 0 radical (unpaired) electrons. The van der Waals surface area contributed by atoms with Crippen LogP contribution in [0.4, 0.5) is 11.6 Å². The summed E-state index contributed by atoms with van der Waals surface area (Å²) in [6.45, 7) is 5.57. The number of rotatable bonds is 5. The lowest BCUT2D eigenvalue weighted by atomic mass is 10.2. The van der Waals surface area contributed by atoms with Gasteiger partial charge in [-0.25, -0.2) is 9.97 Å². The van der Waals surface area contributed by atoms with E-state index in [0.29, 0.717) is 6.54 Å². The summed E-state index contributed by atoms with van der Waals surface area (Å²) >= 11 is 3.51. The van der Waals surface area contributed by atoms with Crippen molar-refractivity contribution < 1.29 is 0 Å². The molecule has 0 bridgehead atoms. The maximum atomic E-state index is 4.24. The standard InChI is InChI=1S/C12H17BrN6/c1-4-14-11-10(13)12(17-7-16-11)15-5-9-6-18-19(3)8(9)2/h6-7H,4-5H2,1-3H3,(H2,14,15,16,17). The fourth-order valence-corrected chi connectivity index (χ4v) is 2.17. The van der Waals surface area contributed by atoms with Crippen molar-refractivity contribution in [2.75, 3.05) is 17.2 Å². The third kappa shape index (κ3) is 3.04. The molecular formula is C12H17BrN6. The van der Waals surface area contributed by atoms with Crippen molar-refractivity contribution in [1.82, 2.24) is 19.7 Å². The molecule has 19 heavy (non-hydrogen) atoms. The van der Waals surface area contributed by atoms with Gasteiger partial charge in [-0.1, -0.05) is 0 Å². The fourth-order valence-electron chi connectivity index (χ4n) is 1.68. The zero-order chi connectivity index (χ0) is 13.8. The highest BCUT2D eigenvalue weighted by Crippen LogP contribution is 2.26. The van der Waals surface area contributed by atoms with Crippen LogP contribution in [0.25, 0.3) is 0 Å². The van der Waals surface area contributed by atoms with Crippen LogP contribution in [0, 0.1) is 6.92 Å². The molecule has 2 heterocycles. The molecule has 2 aromatic rings. The summed E-state index contributed by atoms with van der Waals surface area (Å²) in [6, 6.07) is 0. The SMILES string of the molecule is CCNc1ncnc(NCc2cnn(C)c2C)c1Br. The first-order valence-corrected chi connectivity index (χ1v) is 6.88. The number of aromatic nitrogens is 4. The predicted molar refractivity (Wildman–Crippen MR) is 79.2 cm³/mol. The van der Waals surface area contributed by atoms with Crippen molar-refractivity contribution in [3.05, 3.63) is 28.3 Å². The quantitative estimate of drug-likeness (QED) is 0.883. The molecule has 102 valence electrons. The average Bonchev–Trinajstić information content (AvgIpc) is 2.71. The Morgan fingerprint density at radius 1 is 1.26 bits per heavy atom. The van der Waals surface area contributed by atoms with Crippen LogP contribution >= 0.6 is 15.9 Å². The van der Waals surface area contributed by atoms with E-state index in [9.17, 15) is 0 Å². The summed E-state index contributed by atoms with van der Waals surface area (Å²) in [7, 11) is 1.93. The van der Waals surface area contributed by atoms with E-state index >= 15 is 0 Å². The minimum Gasteiger partial charge on any atom is -0.369 e. The van der Waals surface area contributed by atoms with Crippen molar-refractivity contribution in [3.8, 4) is 0 Å². The molecular weight excluding hydrogens is 308 g/mol. The maximum absolute atomic E-state index is 4.24. The summed E-state index contributed by atoms with van der Waals surface area (Å²) in [6.07, 6.45) is 3.41. The zero-order valence-corrected chi connectivity index (χ0v) is 12.8. The molecule has 0 aliphatic carbocycles. The van der Waals surface area contributed by atoms with Gasteiger partial charge in [-0.2, -0.15) is 5.10 Å².